The molecule has 3 amide bonds. The van der Waals surface area contributed by atoms with E-state index in [1.165, 1.54) is 6.42 Å². The van der Waals surface area contributed by atoms with Crippen LogP contribution < -0.4 is 10.6 Å². The SMILES string of the molecule is O=C([C@@H]1CCCCN1)N1CCC(N2CCNC2=O)CC1. The molecule has 0 aromatic heterocycles. The Morgan fingerprint density at radius 2 is 1.85 bits per heavy atom. The van der Waals surface area contributed by atoms with Crippen LogP contribution in [-0.4, -0.2) is 66.5 Å². The molecule has 3 rings (SSSR count). The number of nitrogens with one attached hydrogen (secondary N) is 2. The average molecular weight is 280 g/mol. The third kappa shape index (κ3) is 2.75. The van der Waals surface area contributed by atoms with Crippen LogP contribution in [0.4, 0.5) is 4.79 Å². The van der Waals surface area contributed by atoms with Crippen LogP contribution in [0.1, 0.15) is 32.1 Å². The van der Waals surface area contributed by atoms with E-state index in [2.05, 4.69) is 10.6 Å². The lowest BCUT2D eigenvalue weighted by molar-refractivity contribution is -0.135. The average Bonchev–Trinajstić information content (AvgIpc) is 2.94. The summed E-state index contributed by atoms with van der Waals surface area (Å²) in [5.74, 6) is 0.258. The van der Waals surface area contributed by atoms with Crippen LogP contribution in [0.5, 0.6) is 0 Å². The standard InChI is InChI=1S/C14H24N4O2/c19-13(12-3-1-2-6-15-12)17-8-4-11(5-9-17)18-10-7-16-14(18)20/h11-12,15H,1-10H2,(H,16,20)/t12-/m0/s1. The molecule has 0 unspecified atom stereocenters. The third-order valence-corrected chi connectivity index (χ3v) is 4.72. The van der Waals surface area contributed by atoms with Gasteiger partial charge in [0.2, 0.25) is 5.91 Å². The van der Waals surface area contributed by atoms with Crippen molar-refractivity contribution in [1.29, 1.82) is 0 Å². The van der Waals surface area contributed by atoms with E-state index in [0.29, 0.717) is 6.04 Å². The first kappa shape index (κ1) is 13.7. The van der Waals surface area contributed by atoms with Gasteiger partial charge in [0.05, 0.1) is 6.04 Å². The van der Waals surface area contributed by atoms with Crippen LogP contribution in [0, 0.1) is 0 Å². The summed E-state index contributed by atoms with van der Waals surface area (Å²) in [6.45, 7) is 4.09. The largest absolute Gasteiger partial charge is 0.341 e. The zero-order chi connectivity index (χ0) is 13.9. The Hall–Kier alpha value is -1.30. The molecule has 3 fully saturated rings. The summed E-state index contributed by atoms with van der Waals surface area (Å²) in [7, 11) is 0. The quantitative estimate of drug-likeness (QED) is 0.756. The number of piperidine rings is 2. The lowest BCUT2D eigenvalue weighted by Crippen LogP contribution is -2.53. The van der Waals surface area contributed by atoms with Crippen LogP contribution in [0.2, 0.25) is 0 Å². The highest BCUT2D eigenvalue weighted by molar-refractivity contribution is 5.82. The van der Waals surface area contributed by atoms with E-state index in [0.717, 1.165) is 58.4 Å². The van der Waals surface area contributed by atoms with Gasteiger partial charge in [-0.2, -0.15) is 0 Å². The molecule has 2 N–H and O–H groups in total. The van der Waals surface area contributed by atoms with Gasteiger partial charge in [-0.1, -0.05) is 6.42 Å². The topological polar surface area (TPSA) is 64.7 Å². The highest BCUT2D eigenvalue weighted by atomic mass is 16.2. The fraction of sp³-hybridized carbons (Fsp3) is 0.857. The van der Waals surface area contributed by atoms with Crippen molar-refractivity contribution in [3.63, 3.8) is 0 Å². The van der Waals surface area contributed by atoms with E-state index in [1.807, 2.05) is 9.80 Å². The molecule has 1 atom stereocenters. The number of hydrogen-bond donors (Lipinski definition) is 2. The molecule has 3 aliphatic rings. The maximum atomic E-state index is 12.4. The van der Waals surface area contributed by atoms with Gasteiger partial charge in [0.25, 0.3) is 0 Å². The second-order valence-electron chi connectivity index (χ2n) is 5.98. The van der Waals surface area contributed by atoms with Crippen molar-refractivity contribution < 1.29 is 9.59 Å². The summed E-state index contributed by atoms with van der Waals surface area (Å²) in [5.41, 5.74) is 0. The van der Waals surface area contributed by atoms with Crippen molar-refractivity contribution in [2.24, 2.45) is 0 Å². The van der Waals surface area contributed by atoms with E-state index >= 15 is 0 Å². The summed E-state index contributed by atoms with van der Waals surface area (Å²) in [5, 5.41) is 6.17. The molecule has 112 valence electrons. The molecule has 3 aliphatic heterocycles. The van der Waals surface area contributed by atoms with Gasteiger partial charge >= 0.3 is 6.03 Å². The molecule has 3 saturated heterocycles. The zero-order valence-corrected chi connectivity index (χ0v) is 11.9. The van der Waals surface area contributed by atoms with Crippen molar-refractivity contribution >= 4 is 11.9 Å². The molecule has 0 spiro atoms. The van der Waals surface area contributed by atoms with Gasteiger partial charge < -0.3 is 20.4 Å². The Morgan fingerprint density at radius 1 is 1.05 bits per heavy atom. The van der Waals surface area contributed by atoms with Crippen molar-refractivity contribution in [2.75, 3.05) is 32.7 Å². The highest BCUT2D eigenvalue weighted by Gasteiger charge is 2.33. The van der Waals surface area contributed by atoms with E-state index < -0.39 is 0 Å². The molecule has 0 aromatic carbocycles. The van der Waals surface area contributed by atoms with Crippen LogP contribution in [0.3, 0.4) is 0 Å². The Balaban J connectivity index is 1.50. The predicted octanol–water partition coefficient (Wildman–Crippen LogP) is 0.145. The van der Waals surface area contributed by atoms with Crippen LogP contribution in [-0.2, 0) is 4.79 Å². The van der Waals surface area contributed by atoms with E-state index in [1.54, 1.807) is 0 Å². The minimum atomic E-state index is 0.0235. The van der Waals surface area contributed by atoms with Crippen molar-refractivity contribution in [3.05, 3.63) is 0 Å². The summed E-state index contributed by atoms with van der Waals surface area (Å²) >= 11 is 0. The first-order valence-corrected chi connectivity index (χ1v) is 7.82. The van der Waals surface area contributed by atoms with Gasteiger partial charge in [0, 0.05) is 32.2 Å². The smallest absolute Gasteiger partial charge is 0.317 e. The van der Waals surface area contributed by atoms with E-state index in [9.17, 15) is 9.59 Å². The molecule has 0 radical (unpaired) electrons. The number of carbonyl (C=O) groups is 2. The molecule has 0 saturated carbocycles. The maximum Gasteiger partial charge on any atom is 0.317 e. The fourth-order valence-corrected chi connectivity index (χ4v) is 3.52. The lowest BCUT2D eigenvalue weighted by atomic mass is 10.00. The molecule has 20 heavy (non-hydrogen) atoms. The molecule has 6 nitrogen and oxygen atoms in total. The molecule has 6 heteroatoms. The second kappa shape index (κ2) is 5.99. The molecule has 0 aliphatic carbocycles. The van der Waals surface area contributed by atoms with Crippen LogP contribution >= 0.6 is 0 Å². The van der Waals surface area contributed by atoms with Gasteiger partial charge in [-0.25, -0.2) is 4.79 Å². The Kier molecular flexibility index (Phi) is 4.10. The second-order valence-corrected chi connectivity index (χ2v) is 5.98. The number of rotatable bonds is 2. The predicted molar refractivity (Wildman–Crippen MR) is 75.3 cm³/mol. The van der Waals surface area contributed by atoms with Crippen LogP contribution in [0.25, 0.3) is 0 Å². The molecule has 0 aromatic rings. The first-order valence-electron chi connectivity index (χ1n) is 7.82. The minimum absolute atomic E-state index is 0.0235. The Labute approximate surface area is 119 Å². The normalized spacial score (nSPS) is 28.6. The monoisotopic (exact) mass is 280 g/mol. The lowest BCUT2D eigenvalue weighted by Gasteiger charge is -2.38. The summed E-state index contributed by atoms with van der Waals surface area (Å²) < 4.78 is 0. The number of nitrogens with zero attached hydrogens (tertiary/aromatic N) is 2. The van der Waals surface area contributed by atoms with Crippen molar-refractivity contribution in [3.8, 4) is 0 Å². The third-order valence-electron chi connectivity index (χ3n) is 4.72. The van der Waals surface area contributed by atoms with Gasteiger partial charge in [-0.05, 0) is 32.2 Å². The fourth-order valence-electron chi connectivity index (χ4n) is 3.52. The number of likely N-dealkylation sites (tertiary alicyclic amines) is 1. The van der Waals surface area contributed by atoms with Gasteiger partial charge in [0.15, 0.2) is 0 Å². The van der Waals surface area contributed by atoms with E-state index in [4.69, 9.17) is 0 Å². The summed E-state index contributed by atoms with van der Waals surface area (Å²) in [6.07, 6.45) is 5.11. The van der Waals surface area contributed by atoms with E-state index in [-0.39, 0.29) is 18.0 Å². The number of urea groups is 1. The highest BCUT2D eigenvalue weighted by Crippen LogP contribution is 2.20. The Morgan fingerprint density at radius 3 is 2.45 bits per heavy atom. The first-order chi connectivity index (χ1) is 9.75. The number of carbonyl (C=O) groups excluding carboxylic acids is 2. The summed E-state index contributed by atoms with van der Waals surface area (Å²) in [6, 6.07) is 0.389. The zero-order valence-electron chi connectivity index (χ0n) is 11.9. The molecular formula is C14H24N4O2. The van der Waals surface area contributed by atoms with Crippen molar-refractivity contribution in [1.82, 2.24) is 20.4 Å². The van der Waals surface area contributed by atoms with Crippen molar-refractivity contribution in [2.45, 2.75) is 44.2 Å². The molecule has 0 bridgehead atoms. The maximum absolute atomic E-state index is 12.4. The van der Waals surface area contributed by atoms with Gasteiger partial charge in [-0.15, -0.1) is 0 Å². The number of hydrogen-bond acceptors (Lipinski definition) is 3. The van der Waals surface area contributed by atoms with Gasteiger partial charge in [-0.3, -0.25) is 4.79 Å². The van der Waals surface area contributed by atoms with Crippen LogP contribution in [0.15, 0.2) is 0 Å². The number of amides is 3. The minimum Gasteiger partial charge on any atom is -0.341 e. The van der Waals surface area contributed by atoms with Gasteiger partial charge in [0.1, 0.15) is 0 Å². The summed E-state index contributed by atoms with van der Waals surface area (Å²) in [4.78, 5) is 28.0. The molecule has 3 heterocycles. The molecular weight excluding hydrogens is 256 g/mol. The Bertz CT molecular complexity index is 373.